The Balaban J connectivity index is 1.38. The highest BCUT2D eigenvalue weighted by molar-refractivity contribution is 6.30. The lowest BCUT2D eigenvalue weighted by Crippen LogP contribution is -2.37. The van der Waals surface area contributed by atoms with E-state index in [4.69, 9.17) is 16.1 Å². The van der Waals surface area contributed by atoms with Crippen LogP contribution in [0.25, 0.3) is 11.3 Å². The topological polar surface area (TPSA) is 68.8 Å². The van der Waals surface area contributed by atoms with Crippen molar-refractivity contribution in [1.82, 2.24) is 25.2 Å². The van der Waals surface area contributed by atoms with Crippen molar-refractivity contribution in [3.63, 3.8) is 0 Å². The molecule has 1 aliphatic heterocycles. The van der Waals surface area contributed by atoms with Crippen molar-refractivity contribution in [2.24, 2.45) is 0 Å². The summed E-state index contributed by atoms with van der Waals surface area (Å²) >= 11 is 5.91. The van der Waals surface area contributed by atoms with Gasteiger partial charge in [-0.25, -0.2) is 9.67 Å². The Morgan fingerprint density at radius 2 is 2.17 bits per heavy atom. The molecular formula is C17H18ClN5O. The Kier molecular flexibility index (Phi) is 4.08. The molecule has 124 valence electrons. The number of aromatic nitrogens is 4. The van der Waals surface area contributed by atoms with Gasteiger partial charge < -0.3 is 9.84 Å². The van der Waals surface area contributed by atoms with Crippen molar-refractivity contribution in [2.45, 2.75) is 38.9 Å². The largest absolute Gasteiger partial charge is 0.359 e. The molecule has 2 aromatic heterocycles. The first-order valence-electron chi connectivity index (χ1n) is 8.02. The van der Waals surface area contributed by atoms with Crippen LogP contribution in [0.5, 0.6) is 0 Å². The van der Waals surface area contributed by atoms with Gasteiger partial charge in [-0.05, 0) is 25.5 Å². The fourth-order valence-electron chi connectivity index (χ4n) is 3.00. The first kappa shape index (κ1) is 15.4. The maximum atomic E-state index is 5.91. The van der Waals surface area contributed by atoms with Crippen molar-refractivity contribution in [1.29, 1.82) is 0 Å². The van der Waals surface area contributed by atoms with E-state index in [9.17, 15) is 0 Å². The van der Waals surface area contributed by atoms with Crippen LogP contribution in [0.3, 0.4) is 0 Å². The van der Waals surface area contributed by atoms with Gasteiger partial charge in [0, 0.05) is 29.1 Å². The molecule has 3 aromatic rings. The van der Waals surface area contributed by atoms with Gasteiger partial charge in [0.05, 0.1) is 13.1 Å². The predicted molar refractivity (Wildman–Crippen MR) is 90.7 cm³/mol. The summed E-state index contributed by atoms with van der Waals surface area (Å²) in [5.74, 6) is 2.74. The molecular weight excluding hydrogens is 326 g/mol. The van der Waals surface area contributed by atoms with E-state index in [0.29, 0.717) is 17.6 Å². The molecule has 0 saturated carbocycles. The Labute approximate surface area is 144 Å². The van der Waals surface area contributed by atoms with Crippen LogP contribution in [-0.2, 0) is 19.5 Å². The van der Waals surface area contributed by atoms with Crippen molar-refractivity contribution in [3.8, 4) is 11.3 Å². The first-order chi connectivity index (χ1) is 11.7. The molecule has 6 nitrogen and oxygen atoms in total. The zero-order chi connectivity index (χ0) is 16.5. The minimum Gasteiger partial charge on any atom is -0.359 e. The molecule has 1 N–H and O–H groups in total. The van der Waals surface area contributed by atoms with Crippen molar-refractivity contribution in [3.05, 3.63) is 52.8 Å². The second kappa shape index (κ2) is 6.37. The van der Waals surface area contributed by atoms with Gasteiger partial charge in [-0.2, -0.15) is 5.10 Å². The average Bonchev–Trinajstić information content (AvgIpc) is 3.18. The maximum Gasteiger partial charge on any atom is 0.151 e. The summed E-state index contributed by atoms with van der Waals surface area (Å²) in [6.45, 7) is 3.42. The van der Waals surface area contributed by atoms with Gasteiger partial charge in [-0.1, -0.05) is 28.9 Å². The lowest BCUT2D eigenvalue weighted by Gasteiger charge is -2.23. The summed E-state index contributed by atoms with van der Waals surface area (Å²) in [5.41, 5.74) is 1.82. The average molecular weight is 344 g/mol. The van der Waals surface area contributed by atoms with Gasteiger partial charge in [0.15, 0.2) is 5.76 Å². The normalized spacial score (nSPS) is 17.0. The minimum atomic E-state index is 0.364. The standard InChI is InChI=1S/C17H18ClN5O/c1-11-20-17-7-6-14(10-23(17)21-11)19-9-15-8-16(22-24-15)12-2-4-13(18)5-3-12/h2-5,8,14,19H,6-7,9-10H2,1H3. The molecule has 1 aliphatic rings. The van der Waals surface area contributed by atoms with Gasteiger partial charge in [-0.15, -0.1) is 0 Å². The van der Waals surface area contributed by atoms with E-state index in [1.54, 1.807) is 0 Å². The number of hydrogen-bond acceptors (Lipinski definition) is 5. The number of rotatable bonds is 4. The van der Waals surface area contributed by atoms with Crippen molar-refractivity contribution in [2.75, 3.05) is 0 Å². The third kappa shape index (κ3) is 3.20. The van der Waals surface area contributed by atoms with E-state index in [1.165, 1.54) is 0 Å². The highest BCUT2D eigenvalue weighted by atomic mass is 35.5. The zero-order valence-corrected chi connectivity index (χ0v) is 14.1. The first-order valence-corrected chi connectivity index (χ1v) is 8.40. The quantitative estimate of drug-likeness (QED) is 0.788. The van der Waals surface area contributed by atoms with Crippen LogP contribution in [-0.4, -0.2) is 26.0 Å². The molecule has 0 fully saturated rings. The molecule has 0 amide bonds. The molecule has 4 rings (SSSR count). The molecule has 1 atom stereocenters. The van der Waals surface area contributed by atoms with E-state index >= 15 is 0 Å². The molecule has 0 aliphatic carbocycles. The second-order valence-corrected chi connectivity index (χ2v) is 6.50. The summed E-state index contributed by atoms with van der Waals surface area (Å²) in [6.07, 6.45) is 2.00. The van der Waals surface area contributed by atoms with Gasteiger partial charge >= 0.3 is 0 Å². The van der Waals surface area contributed by atoms with Gasteiger partial charge in [-0.3, -0.25) is 0 Å². The van der Waals surface area contributed by atoms with Crippen molar-refractivity contribution >= 4 is 11.6 Å². The molecule has 7 heteroatoms. The molecule has 0 bridgehead atoms. The smallest absolute Gasteiger partial charge is 0.151 e. The molecule has 3 heterocycles. The molecule has 1 unspecified atom stereocenters. The fourth-order valence-corrected chi connectivity index (χ4v) is 3.12. The predicted octanol–water partition coefficient (Wildman–Crippen LogP) is 3.00. The molecule has 0 radical (unpaired) electrons. The number of hydrogen-bond donors (Lipinski definition) is 1. The van der Waals surface area contributed by atoms with E-state index < -0.39 is 0 Å². The van der Waals surface area contributed by atoms with Gasteiger partial charge in [0.2, 0.25) is 0 Å². The van der Waals surface area contributed by atoms with Crippen LogP contribution < -0.4 is 5.32 Å². The van der Waals surface area contributed by atoms with E-state index in [1.807, 2.05) is 41.9 Å². The summed E-state index contributed by atoms with van der Waals surface area (Å²) in [5, 5.41) is 12.8. The summed E-state index contributed by atoms with van der Waals surface area (Å²) in [4.78, 5) is 4.43. The Bertz CT molecular complexity index is 839. The van der Waals surface area contributed by atoms with E-state index in [2.05, 4.69) is 20.6 Å². The molecule has 24 heavy (non-hydrogen) atoms. The number of nitrogens with one attached hydrogen (secondary N) is 1. The van der Waals surface area contributed by atoms with Crippen LogP contribution in [0.4, 0.5) is 0 Å². The minimum absolute atomic E-state index is 0.364. The van der Waals surface area contributed by atoms with Crippen LogP contribution in [0.2, 0.25) is 5.02 Å². The SMILES string of the molecule is Cc1nc2n(n1)CC(NCc1cc(-c3ccc(Cl)cc3)no1)CC2. The highest BCUT2D eigenvalue weighted by Crippen LogP contribution is 2.21. The number of nitrogens with zero attached hydrogens (tertiary/aromatic N) is 4. The monoisotopic (exact) mass is 343 g/mol. The number of halogens is 1. The lowest BCUT2D eigenvalue weighted by molar-refractivity contribution is 0.325. The van der Waals surface area contributed by atoms with Crippen LogP contribution in [0, 0.1) is 6.92 Å². The lowest BCUT2D eigenvalue weighted by atomic mass is 10.1. The maximum absolute atomic E-state index is 5.91. The van der Waals surface area contributed by atoms with Crippen LogP contribution in [0.15, 0.2) is 34.9 Å². The third-order valence-corrected chi connectivity index (χ3v) is 4.48. The summed E-state index contributed by atoms with van der Waals surface area (Å²) < 4.78 is 7.43. The van der Waals surface area contributed by atoms with Gasteiger partial charge in [0.25, 0.3) is 0 Å². The van der Waals surface area contributed by atoms with Crippen LogP contribution in [0.1, 0.15) is 23.8 Å². The Morgan fingerprint density at radius 1 is 1.33 bits per heavy atom. The summed E-state index contributed by atoms with van der Waals surface area (Å²) in [7, 11) is 0. The number of benzene rings is 1. The Morgan fingerprint density at radius 3 is 3.00 bits per heavy atom. The number of aryl methyl sites for hydroxylation is 2. The molecule has 0 spiro atoms. The Hall–Kier alpha value is -2.18. The van der Waals surface area contributed by atoms with Crippen molar-refractivity contribution < 1.29 is 4.52 Å². The molecule has 0 saturated heterocycles. The summed E-state index contributed by atoms with van der Waals surface area (Å²) in [6, 6.07) is 9.90. The number of fused-ring (bicyclic) bond motifs is 1. The third-order valence-electron chi connectivity index (χ3n) is 4.23. The van der Waals surface area contributed by atoms with Gasteiger partial charge in [0.1, 0.15) is 17.3 Å². The second-order valence-electron chi connectivity index (χ2n) is 6.06. The zero-order valence-electron chi connectivity index (χ0n) is 13.4. The fraction of sp³-hybridized carbons (Fsp3) is 0.353. The molecule has 1 aromatic carbocycles. The van der Waals surface area contributed by atoms with E-state index in [-0.39, 0.29) is 0 Å². The van der Waals surface area contributed by atoms with Crippen LogP contribution >= 0.6 is 11.6 Å². The van der Waals surface area contributed by atoms with E-state index in [0.717, 1.165) is 48.1 Å². The highest BCUT2D eigenvalue weighted by Gasteiger charge is 2.20.